The first-order valence-corrected chi connectivity index (χ1v) is 6.06. The van der Waals surface area contributed by atoms with Crippen molar-refractivity contribution in [2.24, 2.45) is 0 Å². The van der Waals surface area contributed by atoms with Crippen molar-refractivity contribution in [3.8, 4) is 17.1 Å². The van der Waals surface area contributed by atoms with Gasteiger partial charge in [-0.25, -0.2) is 4.79 Å². The maximum atomic E-state index is 11.9. The van der Waals surface area contributed by atoms with Crippen molar-refractivity contribution in [2.45, 2.75) is 6.92 Å². The van der Waals surface area contributed by atoms with Crippen molar-refractivity contribution in [3.63, 3.8) is 0 Å². The Morgan fingerprint density at radius 3 is 2.37 bits per heavy atom. The molecule has 0 saturated carbocycles. The van der Waals surface area contributed by atoms with Crippen molar-refractivity contribution >= 4 is 0 Å². The third kappa shape index (κ3) is 2.20. The molecule has 0 spiro atoms. The molecule has 4 heteroatoms. The second kappa shape index (κ2) is 4.57. The first-order valence-electron chi connectivity index (χ1n) is 6.06. The number of rotatable bonds is 2. The van der Waals surface area contributed by atoms with E-state index < -0.39 is 0 Å². The van der Waals surface area contributed by atoms with E-state index in [4.69, 9.17) is 0 Å². The highest BCUT2D eigenvalue weighted by Crippen LogP contribution is 2.14. The van der Waals surface area contributed by atoms with Gasteiger partial charge < -0.3 is 0 Å². The van der Waals surface area contributed by atoms with Gasteiger partial charge in [-0.2, -0.15) is 4.68 Å². The fourth-order valence-electron chi connectivity index (χ4n) is 1.91. The molecule has 19 heavy (non-hydrogen) atoms. The van der Waals surface area contributed by atoms with Crippen LogP contribution in [0.25, 0.3) is 17.1 Å². The monoisotopic (exact) mass is 251 g/mol. The topological polar surface area (TPSA) is 50.7 Å². The summed E-state index contributed by atoms with van der Waals surface area (Å²) in [5.74, 6) is 0.578. The van der Waals surface area contributed by atoms with Crippen molar-refractivity contribution in [1.82, 2.24) is 14.8 Å². The highest BCUT2D eigenvalue weighted by atomic mass is 16.1. The lowest BCUT2D eigenvalue weighted by Crippen LogP contribution is -2.15. The summed E-state index contributed by atoms with van der Waals surface area (Å²) in [5.41, 5.74) is 2.59. The lowest BCUT2D eigenvalue weighted by molar-refractivity contribution is 0.845. The van der Waals surface area contributed by atoms with Gasteiger partial charge in [-0.05, 0) is 19.1 Å². The molecule has 2 aromatic carbocycles. The Morgan fingerprint density at radius 2 is 1.68 bits per heavy atom. The summed E-state index contributed by atoms with van der Waals surface area (Å²) in [4.78, 5) is 14.7. The highest BCUT2D eigenvalue weighted by Gasteiger charge is 2.08. The van der Waals surface area contributed by atoms with E-state index in [0.29, 0.717) is 5.82 Å². The van der Waals surface area contributed by atoms with Crippen LogP contribution in [0.2, 0.25) is 0 Å². The third-order valence-electron chi connectivity index (χ3n) is 2.94. The van der Waals surface area contributed by atoms with E-state index in [1.54, 1.807) is 0 Å². The summed E-state index contributed by atoms with van der Waals surface area (Å²) in [5, 5.41) is 4.33. The predicted molar refractivity (Wildman–Crippen MR) is 74.4 cm³/mol. The molecule has 1 heterocycles. The molecule has 0 unspecified atom stereocenters. The van der Waals surface area contributed by atoms with Crippen LogP contribution in [0.5, 0.6) is 0 Å². The second-order valence-electron chi connectivity index (χ2n) is 4.39. The molecule has 0 amide bonds. The number of para-hydroxylation sites is 1. The number of aromatic amines is 1. The van der Waals surface area contributed by atoms with Gasteiger partial charge in [0.15, 0.2) is 5.82 Å². The van der Waals surface area contributed by atoms with Crippen molar-refractivity contribution in [2.75, 3.05) is 0 Å². The standard InChI is InChI=1S/C15H13N3O/c1-11-7-9-12(10-8-11)14-16-15(19)18(17-14)13-5-3-2-4-6-13/h2-10H,1H3,(H,16,17,19). The Bertz CT molecular complexity index is 739. The molecule has 4 nitrogen and oxygen atoms in total. The number of aryl methyl sites for hydroxylation is 1. The van der Waals surface area contributed by atoms with Crippen LogP contribution in [0.1, 0.15) is 5.56 Å². The van der Waals surface area contributed by atoms with Crippen LogP contribution < -0.4 is 5.69 Å². The molecule has 0 aliphatic heterocycles. The van der Waals surface area contributed by atoms with Crippen molar-refractivity contribution < 1.29 is 0 Å². The SMILES string of the molecule is Cc1ccc(-c2nn(-c3ccccc3)c(=O)[nH]2)cc1. The number of hydrogen-bond donors (Lipinski definition) is 1. The molecule has 3 rings (SSSR count). The molecular weight excluding hydrogens is 238 g/mol. The normalized spacial score (nSPS) is 10.6. The zero-order chi connectivity index (χ0) is 13.2. The average molecular weight is 251 g/mol. The lowest BCUT2D eigenvalue weighted by Gasteiger charge is -1.98. The van der Waals surface area contributed by atoms with Gasteiger partial charge in [0.1, 0.15) is 0 Å². The van der Waals surface area contributed by atoms with Gasteiger partial charge in [-0.1, -0.05) is 48.0 Å². The van der Waals surface area contributed by atoms with E-state index in [1.165, 1.54) is 10.2 Å². The summed E-state index contributed by atoms with van der Waals surface area (Å²) in [6.07, 6.45) is 0. The van der Waals surface area contributed by atoms with Crippen LogP contribution in [-0.4, -0.2) is 14.8 Å². The number of hydrogen-bond acceptors (Lipinski definition) is 2. The van der Waals surface area contributed by atoms with E-state index in [-0.39, 0.29) is 5.69 Å². The maximum Gasteiger partial charge on any atom is 0.348 e. The Labute approximate surface area is 110 Å². The van der Waals surface area contributed by atoms with E-state index in [0.717, 1.165) is 11.3 Å². The third-order valence-corrected chi connectivity index (χ3v) is 2.94. The zero-order valence-electron chi connectivity index (χ0n) is 10.5. The largest absolute Gasteiger partial charge is 0.348 e. The fourth-order valence-corrected chi connectivity index (χ4v) is 1.91. The molecule has 0 bridgehead atoms. The van der Waals surface area contributed by atoms with Gasteiger partial charge in [0.05, 0.1) is 5.69 Å². The van der Waals surface area contributed by atoms with E-state index >= 15 is 0 Å². The minimum Gasteiger partial charge on any atom is -0.288 e. The predicted octanol–water partition coefficient (Wildman–Crippen LogP) is 2.54. The highest BCUT2D eigenvalue weighted by molar-refractivity contribution is 5.54. The number of benzene rings is 2. The Hall–Kier alpha value is -2.62. The molecule has 3 aromatic rings. The molecule has 0 atom stereocenters. The molecule has 0 aliphatic carbocycles. The Morgan fingerprint density at radius 1 is 1.00 bits per heavy atom. The van der Waals surface area contributed by atoms with Crippen LogP contribution in [-0.2, 0) is 0 Å². The molecule has 0 fully saturated rings. The smallest absolute Gasteiger partial charge is 0.288 e. The van der Waals surface area contributed by atoms with E-state index in [9.17, 15) is 4.79 Å². The Balaban J connectivity index is 2.07. The van der Waals surface area contributed by atoms with Crippen LogP contribution in [0.3, 0.4) is 0 Å². The number of nitrogens with one attached hydrogen (secondary N) is 1. The van der Waals surface area contributed by atoms with Gasteiger partial charge >= 0.3 is 5.69 Å². The van der Waals surface area contributed by atoms with Gasteiger partial charge in [-0.15, -0.1) is 5.10 Å². The van der Waals surface area contributed by atoms with Crippen LogP contribution in [0, 0.1) is 6.92 Å². The Kier molecular flexibility index (Phi) is 2.76. The van der Waals surface area contributed by atoms with Crippen LogP contribution >= 0.6 is 0 Å². The summed E-state index contributed by atoms with van der Waals surface area (Å²) >= 11 is 0. The van der Waals surface area contributed by atoms with Gasteiger partial charge in [0.2, 0.25) is 0 Å². The summed E-state index contributed by atoms with van der Waals surface area (Å²) in [7, 11) is 0. The average Bonchev–Trinajstić information content (AvgIpc) is 2.83. The number of nitrogens with zero attached hydrogens (tertiary/aromatic N) is 2. The lowest BCUT2D eigenvalue weighted by atomic mass is 10.1. The number of aromatic nitrogens is 3. The summed E-state index contributed by atoms with van der Waals surface area (Å²) in [6.45, 7) is 2.02. The molecule has 1 N–H and O–H groups in total. The fraction of sp³-hybridized carbons (Fsp3) is 0.0667. The molecule has 1 aromatic heterocycles. The van der Waals surface area contributed by atoms with Crippen molar-refractivity contribution in [3.05, 3.63) is 70.6 Å². The molecule has 0 aliphatic rings. The second-order valence-corrected chi connectivity index (χ2v) is 4.39. The quantitative estimate of drug-likeness (QED) is 0.761. The summed E-state index contributed by atoms with van der Waals surface area (Å²) < 4.78 is 1.37. The van der Waals surface area contributed by atoms with Gasteiger partial charge in [-0.3, -0.25) is 4.98 Å². The van der Waals surface area contributed by atoms with Gasteiger partial charge in [0, 0.05) is 5.56 Å². The molecular formula is C15H13N3O. The van der Waals surface area contributed by atoms with E-state index in [1.807, 2.05) is 61.5 Å². The number of H-pyrrole nitrogens is 1. The summed E-state index contributed by atoms with van der Waals surface area (Å²) in [6, 6.07) is 17.2. The minimum atomic E-state index is -0.234. The van der Waals surface area contributed by atoms with Crippen LogP contribution in [0.4, 0.5) is 0 Å². The first-order chi connectivity index (χ1) is 9.24. The van der Waals surface area contributed by atoms with Crippen molar-refractivity contribution in [1.29, 1.82) is 0 Å². The van der Waals surface area contributed by atoms with Crippen LogP contribution in [0.15, 0.2) is 59.4 Å². The first kappa shape index (κ1) is 11.5. The molecule has 94 valence electrons. The van der Waals surface area contributed by atoms with E-state index in [2.05, 4.69) is 10.1 Å². The van der Waals surface area contributed by atoms with Gasteiger partial charge in [0.25, 0.3) is 0 Å². The molecule has 0 saturated heterocycles. The zero-order valence-corrected chi connectivity index (χ0v) is 10.5. The maximum absolute atomic E-state index is 11.9. The minimum absolute atomic E-state index is 0.234. The molecule has 0 radical (unpaired) electrons.